The molecule has 45 heavy (non-hydrogen) atoms. The smallest absolute Gasteiger partial charge is 0.392 e. The van der Waals surface area contributed by atoms with Crippen LogP contribution in [-0.4, -0.2) is 38.4 Å². The van der Waals surface area contributed by atoms with Gasteiger partial charge in [-0.25, -0.2) is 19.6 Å². The molecule has 0 radical (unpaired) electrons. The van der Waals surface area contributed by atoms with Crippen LogP contribution < -0.4 is 0 Å². The fraction of sp³-hybridized carbons (Fsp3) is 0.156. The third-order valence-corrected chi connectivity index (χ3v) is 8.29. The number of benzene rings is 3. The van der Waals surface area contributed by atoms with Gasteiger partial charge in [-0.05, 0) is 80.2 Å². The Hall–Kier alpha value is -3.84. The van der Waals surface area contributed by atoms with E-state index in [1.165, 1.54) is 11.3 Å². The lowest BCUT2D eigenvalue weighted by atomic mass is 10.0. The standard InChI is InChI=1S/C24H19BrClNO4S.C8H4BrNO3/c1-24(2,3)31-23(29)21-16(13-4-7-15(26)8-5-13)12-32-20(21)11-18(28)22-27-17-10-14(25)6-9-19(17)30-22;9-4-1-2-6-5(3-4)10-7(13-6)8(11)12/h4-10,12H,11H2,1-3H3;1-3H,(H,11,12). The number of thiophene rings is 1. The number of carboxylic acids is 1. The van der Waals surface area contributed by atoms with Crippen LogP contribution in [0.3, 0.4) is 0 Å². The molecule has 6 rings (SSSR count). The average Bonchev–Trinajstić information content (AvgIpc) is 3.69. The lowest BCUT2D eigenvalue weighted by Gasteiger charge is -2.20. The lowest BCUT2D eigenvalue weighted by molar-refractivity contribution is 0.00699. The number of hydrogen-bond donors (Lipinski definition) is 1. The molecule has 0 unspecified atom stereocenters. The van der Waals surface area contributed by atoms with Crippen molar-refractivity contribution in [1.29, 1.82) is 0 Å². The first kappa shape index (κ1) is 32.6. The van der Waals surface area contributed by atoms with Gasteiger partial charge in [0.15, 0.2) is 11.2 Å². The molecule has 0 aliphatic carbocycles. The molecule has 0 aliphatic heterocycles. The minimum Gasteiger partial charge on any atom is -0.474 e. The summed E-state index contributed by atoms with van der Waals surface area (Å²) in [5.74, 6) is -2.23. The van der Waals surface area contributed by atoms with Crippen LogP contribution in [0.4, 0.5) is 0 Å². The molecular weight excluding hydrogens is 752 g/mol. The second-order valence-corrected chi connectivity index (χ2v) is 13.9. The average molecular weight is 775 g/mol. The minimum atomic E-state index is -1.16. The number of fused-ring (bicyclic) bond motifs is 2. The van der Waals surface area contributed by atoms with E-state index in [-0.39, 0.29) is 24.0 Å². The molecule has 0 spiro atoms. The van der Waals surface area contributed by atoms with E-state index in [1.54, 1.807) is 63.2 Å². The van der Waals surface area contributed by atoms with Crippen LogP contribution in [0.5, 0.6) is 0 Å². The van der Waals surface area contributed by atoms with Gasteiger partial charge in [-0.1, -0.05) is 55.6 Å². The zero-order valence-electron chi connectivity index (χ0n) is 23.9. The molecule has 3 heterocycles. The van der Waals surface area contributed by atoms with Gasteiger partial charge in [-0.2, -0.15) is 0 Å². The van der Waals surface area contributed by atoms with Crippen LogP contribution >= 0.6 is 54.8 Å². The van der Waals surface area contributed by atoms with Gasteiger partial charge in [0.05, 0.1) is 12.0 Å². The molecule has 0 aliphatic rings. The summed E-state index contributed by atoms with van der Waals surface area (Å²) < 4.78 is 17.9. The Morgan fingerprint density at radius 3 is 2.00 bits per heavy atom. The summed E-state index contributed by atoms with van der Waals surface area (Å²) in [6, 6.07) is 17.7. The normalized spacial score (nSPS) is 11.3. The number of ketones is 1. The van der Waals surface area contributed by atoms with Crippen LogP contribution in [-0.2, 0) is 11.2 Å². The van der Waals surface area contributed by atoms with E-state index in [2.05, 4.69) is 41.8 Å². The first-order valence-electron chi connectivity index (χ1n) is 13.3. The largest absolute Gasteiger partial charge is 0.474 e. The molecule has 0 amide bonds. The van der Waals surface area contributed by atoms with Crippen molar-refractivity contribution >= 4 is 94.7 Å². The summed E-state index contributed by atoms with van der Waals surface area (Å²) in [5, 5.41) is 11.0. The highest BCUT2D eigenvalue weighted by Crippen LogP contribution is 2.35. The molecule has 3 aromatic carbocycles. The maximum absolute atomic E-state index is 13.1. The number of oxazole rings is 2. The molecule has 13 heteroatoms. The fourth-order valence-electron chi connectivity index (χ4n) is 4.16. The summed E-state index contributed by atoms with van der Waals surface area (Å²) in [7, 11) is 0. The number of carboxylic acid groups (broad SMARTS) is 1. The van der Waals surface area contributed by atoms with E-state index in [0.29, 0.717) is 43.2 Å². The van der Waals surface area contributed by atoms with Gasteiger partial charge in [-0.15, -0.1) is 11.3 Å². The zero-order chi connectivity index (χ0) is 32.5. The quantitative estimate of drug-likeness (QED) is 0.130. The second-order valence-electron chi connectivity index (χ2n) is 10.6. The number of Topliss-reactive ketones (excluding diaryl/α,β-unsaturated/α-hetero) is 1. The maximum Gasteiger partial charge on any atom is 0.392 e. The van der Waals surface area contributed by atoms with Crippen LogP contribution in [0.15, 0.2) is 83.8 Å². The van der Waals surface area contributed by atoms with Crippen molar-refractivity contribution in [3.05, 3.63) is 102 Å². The van der Waals surface area contributed by atoms with E-state index in [0.717, 1.165) is 14.5 Å². The number of carbonyl (C=O) groups is 3. The topological polar surface area (TPSA) is 133 Å². The van der Waals surface area contributed by atoms with Crippen LogP contribution in [0.2, 0.25) is 5.02 Å². The predicted octanol–water partition coefficient (Wildman–Crippen LogP) is 9.64. The number of rotatable bonds is 6. The lowest BCUT2D eigenvalue weighted by Crippen LogP contribution is -2.24. The van der Waals surface area contributed by atoms with Gasteiger partial charge in [0.25, 0.3) is 5.89 Å². The Kier molecular flexibility index (Phi) is 9.59. The van der Waals surface area contributed by atoms with E-state index in [1.807, 2.05) is 23.6 Å². The third-order valence-electron chi connectivity index (χ3n) is 6.07. The van der Waals surface area contributed by atoms with Gasteiger partial charge in [0, 0.05) is 24.4 Å². The van der Waals surface area contributed by atoms with Gasteiger partial charge in [-0.3, -0.25) is 4.79 Å². The molecule has 0 saturated heterocycles. The number of halogens is 3. The van der Waals surface area contributed by atoms with Gasteiger partial charge in [0.2, 0.25) is 5.78 Å². The molecule has 9 nitrogen and oxygen atoms in total. The van der Waals surface area contributed by atoms with Crippen LogP contribution in [0.25, 0.3) is 33.3 Å². The highest BCUT2D eigenvalue weighted by atomic mass is 79.9. The van der Waals surface area contributed by atoms with Crippen molar-refractivity contribution in [1.82, 2.24) is 9.97 Å². The summed E-state index contributed by atoms with van der Waals surface area (Å²) >= 11 is 14.0. The molecule has 3 aromatic heterocycles. The molecule has 0 bridgehead atoms. The number of hydrogen-bond acceptors (Lipinski definition) is 9. The number of aromatic carboxylic acids is 1. The zero-order valence-corrected chi connectivity index (χ0v) is 28.6. The van der Waals surface area contributed by atoms with Crippen molar-refractivity contribution in [3.63, 3.8) is 0 Å². The van der Waals surface area contributed by atoms with Crippen molar-refractivity contribution in [2.75, 3.05) is 0 Å². The third kappa shape index (κ3) is 7.88. The Balaban J connectivity index is 0.000000256. The van der Waals surface area contributed by atoms with Gasteiger partial charge >= 0.3 is 17.8 Å². The molecule has 6 aromatic rings. The molecule has 230 valence electrons. The highest BCUT2D eigenvalue weighted by Gasteiger charge is 2.28. The number of aromatic nitrogens is 2. The SMILES string of the molecule is CC(C)(C)OC(=O)c1c(-c2ccc(Cl)cc2)csc1CC(=O)c1nc2cc(Br)ccc2o1.O=C(O)c1nc2cc(Br)ccc2o1. The predicted molar refractivity (Wildman–Crippen MR) is 178 cm³/mol. The summed E-state index contributed by atoms with van der Waals surface area (Å²) in [5.41, 5.74) is 3.33. The monoisotopic (exact) mass is 772 g/mol. The fourth-order valence-corrected chi connectivity index (χ4v) is 6.02. The molecule has 1 N–H and O–H groups in total. The second kappa shape index (κ2) is 13.3. The van der Waals surface area contributed by atoms with Crippen molar-refractivity contribution in [2.45, 2.75) is 32.8 Å². The Bertz CT molecular complexity index is 2060. The van der Waals surface area contributed by atoms with Crippen molar-refractivity contribution < 1.29 is 33.1 Å². The number of esters is 1. The number of ether oxygens (including phenoxy) is 1. The summed E-state index contributed by atoms with van der Waals surface area (Å²) in [6.45, 7) is 5.42. The number of carbonyl (C=O) groups excluding carboxylic acids is 2. The summed E-state index contributed by atoms with van der Waals surface area (Å²) in [4.78, 5) is 45.3. The molecule has 0 saturated carbocycles. The van der Waals surface area contributed by atoms with Crippen molar-refractivity contribution in [3.8, 4) is 11.1 Å². The Morgan fingerprint density at radius 2 is 1.44 bits per heavy atom. The van der Waals surface area contributed by atoms with Gasteiger partial charge in [0.1, 0.15) is 16.6 Å². The van der Waals surface area contributed by atoms with E-state index in [9.17, 15) is 14.4 Å². The number of nitrogens with zero attached hydrogens (tertiary/aromatic N) is 2. The van der Waals surface area contributed by atoms with Crippen LogP contribution in [0.1, 0.15) is 57.4 Å². The van der Waals surface area contributed by atoms with E-state index in [4.69, 9.17) is 30.3 Å². The minimum absolute atomic E-state index is 0.00896. The first-order chi connectivity index (χ1) is 21.3. The first-order valence-corrected chi connectivity index (χ1v) is 16.1. The van der Waals surface area contributed by atoms with Crippen molar-refractivity contribution in [2.24, 2.45) is 0 Å². The van der Waals surface area contributed by atoms with E-state index >= 15 is 0 Å². The molecule has 0 fully saturated rings. The maximum atomic E-state index is 13.1. The Labute approximate surface area is 282 Å². The Morgan fingerprint density at radius 1 is 0.889 bits per heavy atom. The van der Waals surface area contributed by atoms with Crippen LogP contribution in [0, 0.1) is 0 Å². The molecular formula is C32H23Br2ClN2O7S. The van der Waals surface area contributed by atoms with E-state index < -0.39 is 17.5 Å². The molecule has 0 atom stereocenters. The van der Waals surface area contributed by atoms with Gasteiger partial charge < -0.3 is 18.7 Å². The highest BCUT2D eigenvalue weighted by molar-refractivity contribution is 9.10. The summed E-state index contributed by atoms with van der Waals surface area (Å²) in [6.07, 6.45) is -0.0270.